The second kappa shape index (κ2) is 7.97. The van der Waals surface area contributed by atoms with Gasteiger partial charge in [-0.25, -0.2) is 13.2 Å². The summed E-state index contributed by atoms with van der Waals surface area (Å²) in [6, 6.07) is 4.77. The summed E-state index contributed by atoms with van der Waals surface area (Å²) in [4.78, 5) is 33.9. The average Bonchev–Trinajstić information content (AvgIpc) is 2.42. The van der Waals surface area contributed by atoms with Crippen LogP contribution < -0.4 is 15.4 Å². The van der Waals surface area contributed by atoms with E-state index in [0.717, 1.165) is 10.6 Å². The fraction of sp³-hybridized carbons (Fsp3) is 0.308. The molecule has 0 aliphatic carbocycles. The number of nitrogens with one attached hydrogen (secondary N) is 1. The van der Waals surface area contributed by atoms with Crippen LogP contribution in [-0.2, 0) is 24.3 Å². The number of imide groups is 1. The summed E-state index contributed by atoms with van der Waals surface area (Å²) < 4.78 is 29.3. The number of benzene rings is 1. The van der Waals surface area contributed by atoms with Crippen LogP contribution in [0.25, 0.3) is 0 Å². The lowest BCUT2D eigenvalue weighted by atomic mass is 10.3. The van der Waals surface area contributed by atoms with Crippen molar-refractivity contribution in [2.24, 2.45) is 5.73 Å². The maximum absolute atomic E-state index is 11.9. The molecular formula is C13H16ClN3O6S. The van der Waals surface area contributed by atoms with Crippen molar-refractivity contribution in [3.63, 3.8) is 0 Å². The van der Waals surface area contributed by atoms with E-state index in [1.807, 2.05) is 0 Å². The molecule has 3 N–H and O–H groups in total. The number of hydrogen-bond acceptors (Lipinski definition) is 6. The van der Waals surface area contributed by atoms with E-state index in [1.54, 1.807) is 11.4 Å². The molecule has 0 saturated heterocycles. The number of esters is 1. The summed E-state index contributed by atoms with van der Waals surface area (Å²) in [5.74, 6) is -1.92. The number of primary amides is 1. The minimum Gasteiger partial charge on any atom is -0.451 e. The molecule has 0 radical (unpaired) electrons. The van der Waals surface area contributed by atoms with Crippen molar-refractivity contribution in [1.82, 2.24) is 5.32 Å². The van der Waals surface area contributed by atoms with Crippen LogP contribution in [0.1, 0.15) is 6.92 Å². The molecule has 24 heavy (non-hydrogen) atoms. The third-order valence-electron chi connectivity index (χ3n) is 2.69. The Labute approximate surface area is 143 Å². The molecule has 0 aliphatic rings. The first-order chi connectivity index (χ1) is 11.0. The molecule has 9 nitrogen and oxygen atoms in total. The molecule has 1 aromatic carbocycles. The van der Waals surface area contributed by atoms with Gasteiger partial charge in [0.05, 0.1) is 11.9 Å². The van der Waals surface area contributed by atoms with Gasteiger partial charge < -0.3 is 10.5 Å². The number of rotatable bonds is 6. The van der Waals surface area contributed by atoms with Crippen LogP contribution in [0.4, 0.5) is 10.5 Å². The molecule has 132 valence electrons. The minimum absolute atomic E-state index is 0.163. The van der Waals surface area contributed by atoms with Crippen molar-refractivity contribution in [3.05, 3.63) is 29.3 Å². The Bertz CT molecular complexity index is 752. The van der Waals surface area contributed by atoms with Crippen LogP contribution in [0.15, 0.2) is 24.3 Å². The largest absolute Gasteiger partial charge is 0.451 e. The summed E-state index contributed by atoms with van der Waals surface area (Å²) in [5.41, 5.74) is 4.94. The van der Waals surface area contributed by atoms with E-state index in [2.05, 4.69) is 0 Å². The van der Waals surface area contributed by atoms with Crippen LogP contribution in [0.3, 0.4) is 0 Å². The number of anilines is 1. The van der Waals surface area contributed by atoms with E-state index < -0.39 is 40.6 Å². The molecule has 1 aromatic rings. The minimum atomic E-state index is -3.81. The van der Waals surface area contributed by atoms with E-state index in [9.17, 15) is 22.8 Å². The average molecular weight is 378 g/mol. The van der Waals surface area contributed by atoms with Crippen LogP contribution in [0, 0.1) is 0 Å². The van der Waals surface area contributed by atoms with E-state index in [-0.39, 0.29) is 10.7 Å². The van der Waals surface area contributed by atoms with Crippen molar-refractivity contribution >= 4 is 45.2 Å². The molecule has 1 atom stereocenters. The number of sulfonamides is 1. The van der Waals surface area contributed by atoms with E-state index in [1.165, 1.54) is 25.1 Å². The molecule has 3 amide bonds. The predicted molar refractivity (Wildman–Crippen MR) is 86.9 cm³/mol. The van der Waals surface area contributed by atoms with Gasteiger partial charge in [0.1, 0.15) is 6.54 Å². The normalized spacial score (nSPS) is 12.1. The first kappa shape index (κ1) is 19.7. The van der Waals surface area contributed by atoms with Gasteiger partial charge in [-0.15, -0.1) is 0 Å². The van der Waals surface area contributed by atoms with Gasteiger partial charge in [0, 0.05) is 5.02 Å². The number of nitrogens with zero attached hydrogens (tertiary/aromatic N) is 1. The van der Waals surface area contributed by atoms with Gasteiger partial charge in [-0.1, -0.05) is 17.7 Å². The molecule has 0 saturated carbocycles. The second-order valence-corrected chi connectivity index (χ2v) is 7.08. The SMILES string of the molecule is C[C@H](OC(=O)CN(c1cccc(Cl)c1)S(C)(=O)=O)C(=O)NC(N)=O. The fourth-order valence-electron chi connectivity index (χ4n) is 1.66. The molecule has 11 heteroatoms. The van der Waals surface area contributed by atoms with Crippen LogP contribution >= 0.6 is 11.6 Å². The van der Waals surface area contributed by atoms with E-state index in [4.69, 9.17) is 22.1 Å². The smallest absolute Gasteiger partial charge is 0.327 e. The number of urea groups is 1. The third-order valence-corrected chi connectivity index (χ3v) is 4.07. The lowest BCUT2D eigenvalue weighted by Crippen LogP contribution is -2.44. The maximum Gasteiger partial charge on any atom is 0.327 e. The quantitative estimate of drug-likeness (QED) is 0.681. The number of amides is 3. The highest BCUT2D eigenvalue weighted by atomic mass is 35.5. The number of carbonyl (C=O) groups is 3. The third kappa shape index (κ3) is 6.05. The summed E-state index contributed by atoms with van der Waals surface area (Å²) >= 11 is 5.82. The molecule has 0 heterocycles. The van der Waals surface area contributed by atoms with Crippen molar-refractivity contribution in [2.45, 2.75) is 13.0 Å². The Hall–Kier alpha value is -2.33. The monoisotopic (exact) mass is 377 g/mol. The van der Waals surface area contributed by atoms with Crippen molar-refractivity contribution in [1.29, 1.82) is 0 Å². The Kier molecular flexibility index (Phi) is 6.55. The molecule has 0 bridgehead atoms. The van der Waals surface area contributed by atoms with Gasteiger partial charge >= 0.3 is 12.0 Å². The van der Waals surface area contributed by atoms with Gasteiger partial charge in [0.2, 0.25) is 10.0 Å². The van der Waals surface area contributed by atoms with Gasteiger partial charge in [-0.2, -0.15) is 0 Å². The lowest BCUT2D eigenvalue weighted by Gasteiger charge is -2.22. The number of hydrogen-bond donors (Lipinski definition) is 2. The molecule has 0 unspecified atom stereocenters. The van der Waals surface area contributed by atoms with Crippen LogP contribution in [-0.4, -0.2) is 45.2 Å². The summed E-state index contributed by atoms with van der Waals surface area (Å²) in [7, 11) is -3.81. The summed E-state index contributed by atoms with van der Waals surface area (Å²) in [5, 5.41) is 2.03. The van der Waals surface area contributed by atoms with Gasteiger partial charge in [-0.3, -0.25) is 19.2 Å². The standard InChI is InChI=1S/C13H16ClN3O6S/c1-8(12(19)16-13(15)20)23-11(18)7-17(24(2,21)22)10-5-3-4-9(14)6-10/h3-6,8H,7H2,1-2H3,(H3,15,16,19,20)/t8-/m0/s1. The zero-order valence-corrected chi connectivity index (χ0v) is 14.4. The Morgan fingerprint density at radius 2 is 2.00 bits per heavy atom. The van der Waals surface area contributed by atoms with Crippen molar-refractivity contribution in [2.75, 3.05) is 17.1 Å². The Morgan fingerprint density at radius 1 is 1.38 bits per heavy atom. The topological polar surface area (TPSA) is 136 Å². The fourth-order valence-corrected chi connectivity index (χ4v) is 2.68. The second-order valence-electron chi connectivity index (χ2n) is 4.74. The maximum atomic E-state index is 11.9. The molecule has 1 rings (SSSR count). The number of carbonyl (C=O) groups excluding carboxylic acids is 3. The van der Waals surface area contributed by atoms with Gasteiger partial charge in [-0.05, 0) is 25.1 Å². The molecule has 0 spiro atoms. The molecular weight excluding hydrogens is 362 g/mol. The van der Waals surface area contributed by atoms with Gasteiger partial charge in [0.25, 0.3) is 5.91 Å². The first-order valence-corrected chi connectivity index (χ1v) is 8.76. The first-order valence-electron chi connectivity index (χ1n) is 6.53. The van der Waals surface area contributed by atoms with Gasteiger partial charge in [0.15, 0.2) is 6.10 Å². The highest BCUT2D eigenvalue weighted by Crippen LogP contribution is 2.21. The molecule has 0 aromatic heterocycles. The van der Waals surface area contributed by atoms with Crippen molar-refractivity contribution < 1.29 is 27.5 Å². The van der Waals surface area contributed by atoms with E-state index >= 15 is 0 Å². The molecule has 0 fully saturated rings. The predicted octanol–water partition coefficient (Wildman–Crippen LogP) is 0.233. The number of nitrogens with two attached hydrogens (primary N) is 1. The zero-order chi connectivity index (χ0) is 18.5. The number of ether oxygens (including phenoxy) is 1. The van der Waals surface area contributed by atoms with Crippen LogP contribution in [0.5, 0.6) is 0 Å². The van der Waals surface area contributed by atoms with Crippen molar-refractivity contribution in [3.8, 4) is 0 Å². The Balaban J connectivity index is 2.87. The van der Waals surface area contributed by atoms with E-state index in [0.29, 0.717) is 0 Å². The van der Waals surface area contributed by atoms with Crippen LogP contribution in [0.2, 0.25) is 5.02 Å². The summed E-state index contributed by atoms with van der Waals surface area (Å²) in [6.45, 7) is 0.535. The lowest BCUT2D eigenvalue weighted by molar-refractivity contribution is -0.152. The molecule has 0 aliphatic heterocycles. The zero-order valence-electron chi connectivity index (χ0n) is 12.9. The highest BCUT2D eigenvalue weighted by Gasteiger charge is 2.25. The highest BCUT2D eigenvalue weighted by molar-refractivity contribution is 7.92. The Morgan fingerprint density at radius 3 is 2.50 bits per heavy atom. The number of halogens is 1. The summed E-state index contributed by atoms with van der Waals surface area (Å²) in [6.07, 6.45) is -0.421.